The summed E-state index contributed by atoms with van der Waals surface area (Å²) in [7, 11) is 3.33. The maximum atomic E-state index is 11.9. The second kappa shape index (κ2) is 16.6. The molecule has 1 aromatic carbocycles. The van der Waals surface area contributed by atoms with Gasteiger partial charge in [0.2, 0.25) is 11.8 Å². The fourth-order valence-electron chi connectivity index (χ4n) is 3.01. The Morgan fingerprint density at radius 2 is 1.66 bits per heavy atom. The maximum absolute atomic E-state index is 11.9. The lowest BCUT2D eigenvalue weighted by Crippen LogP contribution is -2.42. The third kappa shape index (κ3) is 12.2. The van der Waals surface area contributed by atoms with E-state index in [0.29, 0.717) is 19.6 Å². The molecule has 0 aromatic heterocycles. The Morgan fingerprint density at radius 1 is 0.969 bits per heavy atom. The Balaban J connectivity index is 0.00000961. The minimum atomic E-state index is -0.716. The number of primary amides is 1. The quantitative estimate of drug-likeness (QED) is 0.333. The number of carbonyl (C=O) groups is 2. The second-order valence-electron chi connectivity index (χ2n) is 8.47. The van der Waals surface area contributed by atoms with Crippen molar-refractivity contribution in [2.24, 2.45) is 11.1 Å². The molecule has 184 valence electrons. The van der Waals surface area contributed by atoms with Crippen molar-refractivity contribution in [3.05, 3.63) is 23.8 Å². The molecule has 0 saturated heterocycles. The first-order valence-electron chi connectivity index (χ1n) is 11.2. The van der Waals surface area contributed by atoms with Crippen LogP contribution in [-0.2, 0) is 20.7 Å². The van der Waals surface area contributed by atoms with Gasteiger partial charge < -0.3 is 25.3 Å². The number of halogens is 1. The minimum Gasteiger partial charge on any atom is -0.493 e. The van der Waals surface area contributed by atoms with Crippen molar-refractivity contribution in [1.82, 2.24) is 5.32 Å². The number of carbonyl (C=O) groups excluding carboxylic acids is 2. The largest absolute Gasteiger partial charge is 0.493 e. The molecule has 3 N–H and O–H groups in total. The standard InChI is InChI=1S/C24H40N2O5.ClH/c1-24(2,23(25)28)18-26-22(27)12-9-7-5-6-8-11-19-13-14-20(30-4)21(17-19)31-16-10-15-29-3;/h13-14,17H,5-12,15-16,18H2,1-4H3,(H2,25,28)(H,26,27);1H. The van der Waals surface area contributed by atoms with E-state index in [0.717, 1.165) is 56.4 Å². The lowest BCUT2D eigenvalue weighted by atomic mass is 9.93. The monoisotopic (exact) mass is 472 g/mol. The zero-order valence-corrected chi connectivity index (χ0v) is 20.9. The number of unbranched alkanes of at least 4 members (excludes halogenated alkanes) is 4. The molecule has 0 aliphatic rings. The highest BCUT2D eigenvalue weighted by molar-refractivity contribution is 5.85. The molecule has 1 rings (SSSR count). The fourth-order valence-corrected chi connectivity index (χ4v) is 3.01. The van der Waals surface area contributed by atoms with Gasteiger partial charge in [0.05, 0.1) is 19.1 Å². The molecular weight excluding hydrogens is 432 g/mol. The summed E-state index contributed by atoms with van der Waals surface area (Å²) in [5, 5.41) is 2.80. The number of methoxy groups -OCH3 is 2. The van der Waals surface area contributed by atoms with E-state index in [2.05, 4.69) is 17.4 Å². The first-order chi connectivity index (χ1) is 14.8. The number of rotatable bonds is 17. The van der Waals surface area contributed by atoms with Crippen molar-refractivity contribution >= 4 is 24.2 Å². The van der Waals surface area contributed by atoms with E-state index in [1.807, 2.05) is 6.07 Å². The van der Waals surface area contributed by atoms with Crippen molar-refractivity contribution in [3.63, 3.8) is 0 Å². The third-order valence-electron chi connectivity index (χ3n) is 5.24. The highest BCUT2D eigenvalue weighted by atomic mass is 35.5. The van der Waals surface area contributed by atoms with Crippen molar-refractivity contribution in [1.29, 1.82) is 0 Å². The summed E-state index contributed by atoms with van der Waals surface area (Å²) in [6.45, 7) is 5.02. The molecule has 7 nitrogen and oxygen atoms in total. The molecule has 0 atom stereocenters. The number of nitrogens with one attached hydrogen (secondary N) is 1. The Hall–Kier alpha value is -1.99. The molecule has 1 aromatic rings. The summed E-state index contributed by atoms with van der Waals surface area (Å²) >= 11 is 0. The lowest BCUT2D eigenvalue weighted by Gasteiger charge is -2.20. The molecule has 0 aliphatic heterocycles. The predicted octanol–water partition coefficient (Wildman–Crippen LogP) is 4.04. The van der Waals surface area contributed by atoms with Crippen LogP contribution in [0.5, 0.6) is 11.5 Å². The van der Waals surface area contributed by atoms with Crippen molar-refractivity contribution in [3.8, 4) is 11.5 Å². The number of aryl methyl sites for hydroxylation is 1. The number of ether oxygens (including phenoxy) is 3. The Kier molecular flexibility index (Phi) is 15.6. The first-order valence-corrected chi connectivity index (χ1v) is 11.2. The molecule has 0 bridgehead atoms. The molecule has 8 heteroatoms. The molecule has 0 radical (unpaired) electrons. The van der Waals surface area contributed by atoms with Crippen LogP contribution in [-0.4, -0.2) is 45.8 Å². The normalized spacial score (nSPS) is 10.9. The van der Waals surface area contributed by atoms with Crippen LogP contribution < -0.4 is 20.5 Å². The molecule has 0 spiro atoms. The molecule has 2 amide bonds. The van der Waals surface area contributed by atoms with Crippen LogP contribution in [0.3, 0.4) is 0 Å². The van der Waals surface area contributed by atoms with E-state index in [-0.39, 0.29) is 24.9 Å². The molecule has 0 unspecified atom stereocenters. The van der Waals surface area contributed by atoms with Gasteiger partial charge in [-0.25, -0.2) is 0 Å². The number of hydrogen-bond donors (Lipinski definition) is 2. The zero-order valence-electron chi connectivity index (χ0n) is 20.0. The molecule has 0 saturated carbocycles. The summed E-state index contributed by atoms with van der Waals surface area (Å²) in [6, 6.07) is 6.10. The van der Waals surface area contributed by atoms with Crippen molar-refractivity contribution < 1.29 is 23.8 Å². The van der Waals surface area contributed by atoms with Crippen LogP contribution in [0, 0.1) is 5.41 Å². The van der Waals surface area contributed by atoms with E-state index >= 15 is 0 Å². The number of amides is 2. The van der Waals surface area contributed by atoms with Gasteiger partial charge in [-0.3, -0.25) is 9.59 Å². The average Bonchev–Trinajstić information content (AvgIpc) is 2.74. The molecule has 32 heavy (non-hydrogen) atoms. The van der Waals surface area contributed by atoms with Gasteiger partial charge in [-0.15, -0.1) is 12.4 Å². The molecule has 0 heterocycles. The summed E-state index contributed by atoms with van der Waals surface area (Å²) in [5.41, 5.74) is 5.83. The van der Waals surface area contributed by atoms with Gasteiger partial charge in [0, 0.05) is 33.1 Å². The molecule has 0 aliphatic carbocycles. The number of nitrogens with two attached hydrogens (primary N) is 1. The highest BCUT2D eigenvalue weighted by Crippen LogP contribution is 2.29. The molecular formula is C24H41ClN2O5. The Morgan fingerprint density at radius 3 is 2.31 bits per heavy atom. The summed E-state index contributed by atoms with van der Waals surface area (Å²) < 4.78 is 16.3. The van der Waals surface area contributed by atoms with E-state index in [4.69, 9.17) is 19.9 Å². The third-order valence-corrected chi connectivity index (χ3v) is 5.24. The fraction of sp³-hybridized carbons (Fsp3) is 0.667. The molecule has 0 fully saturated rings. The Bertz CT molecular complexity index is 682. The van der Waals surface area contributed by atoms with Crippen LogP contribution in [0.25, 0.3) is 0 Å². The minimum absolute atomic E-state index is 0. The van der Waals surface area contributed by atoms with E-state index < -0.39 is 11.3 Å². The predicted molar refractivity (Wildman–Crippen MR) is 130 cm³/mol. The van der Waals surface area contributed by atoms with Crippen LogP contribution in [0.4, 0.5) is 0 Å². The van der Waals surface area contributed by atoms with Gasteiger partial charge in [-0.05, 0) is 50.8 Å². The van der Waals surface area contributed by atoms with Gasteiger partial charge in [0.15, 0.2) is 11.5 Å². The number of hydrogen-bond acceptors (Lipinski definition) is 5. The smallest absolute Gasteiger partial charge is 0.224 e. The SMILES string of the molecule is COCCCOc1cc(CCCCCCCC(=O)NCC(C)(C)C(N)=O)ccc1OC.Cl. The van der Waals surface area contributed by atoms with E-state index in [1.165, 1.54) is 5.56 Å². The lowest BCUT2D eigenvalue weighted by molar-refractivity contribution is -0.127. The topological polar surface area (TPSA) is 99.9 Å². The Labute approximate surface area is 199 Å². The summed E-state index contributed by atoms with van der Waals surface area (Å²) in [6.07, 6.45) is 7.48. The van der Waals surface area contributed by atoms with Gasteiger partial charge in [0.25, 0.3) is 0 Å². The average molecular weight is 473 g/mol. The summed E-state index contributed by atoms with van der Waals surface area (Å²) in [5.74, 6) is 1.10. The van der Waals surface area contributed by atoms with Crippen molar-refractivity contribution in [2.45, 2.75) is 65.2 Å². The van der Waals surface area contributed by atoms with Gasteiger partial charge >= 0.3 is 0 Å². The van der Waals surface area contributed by atoms with Crippen LogP contribution in [0.2, 0.25) is 0 Å². The van der Waals surface area contributed by atoms with Crippen LogP contribution in [0.15, 0.2) is 18.2 Å². The van der Waals surface area contributed by atoms with E-state index in [9.17, 15) is 9.59 Å². The second-order valence-corrected chi connectivity index (χ2v) is 8.47. The summed E-state index contributed by atoms with van der Waals surface area (Å²) in [4.78, 5) is 23.2. The van der Waals surface area contributed by atoms with Gasteiger partial charge in [-0.2, -0.15) is 0 Å². The van der Waals surface area contributed by atoms with Crippen molar-refractivity contribution in [2.75, 3.05) is 34.0 Å². The van der Waals surface area contributed by atoms with Crippen LogP contribution >= 0.6 is 12.4 Å². The highest BCUT2D eigenvalue weighted by Gasteiger charge is 2.25. The zero-order chi connectivity index (χ0) is 23.1. The maximum Gasteiger partial charge on any atom is 0.224 e. The number of benzene rings is 1. The van der Waals surface area contributed by atoms with Crippen LogP contribution in [0.1, 0.15) is 64.4 Å². The van der Waals surface area contributed by atoms with Gasteiger partial charge in [-0.1, -0.05) is 25.3 Å². The van der Waals surface area contributed by atoms with E-state index in [1.54, 1.807) is 28.1 Å². The van der Waals surface area contributed by atoms with Gasteiger partial charge in [0.1, 0.15) is 0 Å². The first kappa shape index (κ1) is 30.0.